The number of para-hydroxylation sites is 1. The van der Waals surface area contributed by atoms with Crippen LogP contribution in [0, 0.1) is 0 Å². The molecule has 1 aromatic carbocycles. The molecule has 1 aliphatic rings. The fraction of sp³-hybridized carbons (Fsp3) is 0.647. The van der Waals surface area contributed by atoms with Gasteiger partial charge >= 0.3 is 0 Å². The minimum absolute atomic E-state index is 0.0816. The zero-order valence-electron chi connectivity index (χ0n) is 13.4. The van der Waals surface area contributed by atoms with E-state index in [9.17, 15) is 5.11 Å². The number of ether oxygens (including phenoxy) is 1. The Morgan fingerprint density at radius 3 is 2.81 bits per heavy atom. The Labute approximate surface area is 127 Å². The van der Waals surface area contributed by atoms with Gasteiger partial charge in [0.25, 0.3) is 0 Å². The predicted molar refractivity (Wildman–Crippen MR) is 85.6 cm³/mol. The fourth-order valence-corrected chi connectivity index (χ4v) is 3.31. The van der Waals surface area contributed by atoms with Gasteiger partial charge in [-0.15, -0.1) is 0 Å². The molecule has 0 bridgehead atoms. The van der Waals surface area contributed by atoms with Gasteiger partial charge in [0.1, 0.15) is 5.75 Å². The normalized spacial score (nSPS) is 27.0. The number of aliphatic hydroxyl groups excluding tert-OH is 1. The Bertz CT molecular complexity index is 466. The molecule has 3 unspecified atom stereocenters. The van der Waals surface area contributed by atoms with Gasteiger partial charge in [-0.25, -0.2) is 0 Å². The van der Waals surface area contributed by atoms with Crippen LogP contribution in [0.5, 0.6) is 5.75 Å². The molecule has 0 saturated heterocycles. The van der Waals surface area contributed by atoms with Gasteiger partial charge in [-0.2, -0.15) is 0 Å². The number of hydrogen-bond donors (Lipinski definition) is 2. The molecular formula is C17H28N2O2. The first-order chi connectivity index (χ1) is 9.99. The van der Waals surface area contributed by atoms with Gasteiger partial charge in [0, 0.05) is 17.6 Å². The second-order valence-electron chi connectivity index (χ2n) is 6.45. The Morgan fingerprint density at radius 1 is 1.48 bits per heavy atom. The van der Waals surface area contributed by atoms with Gasteiger partial charge in [0.05, 0.1) is 13.7 Å². The van der Waals surface area contributed by atoms with Crippen molar-refractivity contribution in [3.63, 3.8) is 0 Å². The van der Waals surface area contributed by atoms with E-state index in [0.717, 1.165) is 31.4 Å². The average Bonchev–Trinajstić information content (AvgIpc) is 2.90. The molecule has 1 fully saturated rings. The predicted octanol–water partition coefficient (Wildman–Crippen LogP) is 1.80. The second-order valence-corrected chi connectivity index (χ2v) is 6.45. The lowest BCUT2D eigenvalue weighted by Crippen LogP contribution is -2.44. The maximum Gasteiger partial charge on any atom is 0.122 e. The third-order valence-corrected chi connectivity index (χ3v) is 4.91. The quantitative estimate of drug-likeness (QED) is 0.839. The van der Waals surface area contributed by atoms with E-state index < -0.39 is 0 Å². The maximum atomic E-state index is 9.41. The molecule has 4 heteroatoms. The highest BCUT2D eigenvalue weighted by Crippen LogP contribution is 2.32. The number of aliphatic hydroxyl groups is 1. The van der Waals surface area contributed by atoms with Crippen LogP contribution < -0.4 is 10.5 Å². The average molecular weight is 292 g/mol. The summed E-state index contributed by atoms with van der Waals surface area (Å²) in [5.74, 6) is 0.952. The molecule has 2 rings (SSSR count). The molecule has 1 saturated carbocycles. The standard InChI is InChI=1S/C17H28N2O2/c1-13(10-14-6-4-5-7-16(14)21-3)19(2)15-8-9-17(18,11-15)12-20/h4-7,13,15,20H,8-12,18H2,1-3H3. The SMILES string of the molecule is COc1ccccc1CC(C)N(C)C1CCC(N)(CO)C1. The first-order valence-electron chi connectivity index (χ1n) is 7.72. The van der Waals surface area contributed by atoms with Crippen molar-refractivity contribution in [2.75, 3.05) is 20.8 Å². The minimum atomic E-state index is -0.386. The zero-order valence-corrected chi connectivity index (χ0v) is 13.4. The van der Waals surface area contributed by atoms with Gasteiger partial charge in [0.15, 0.2) is 0 Å². The summed E-state index contributed by atoms with van der Waals surface area (Å²) in [4.78, 5) is 2.40. The molecule has 0 spiro atoms. The van der Waals surface area contributed by atoms with E-state index in [2.05, 4.69) is 31.0 Å². The Morgan fingerprint density at radius 2 is 2.19 bits per heavy atom. The van der Waals surface area contributed by atoms with Crippen LogP contribution in [0.3, 0.4) is 0 Å². The number of nitrogens with two attached hydrogens (primary N) is 1. The molecular weight excluding hydrogens is 264 g/mol. The fourth-order valence-electron chi connectivity index (χ4n) is 3.31. The third kappa shape index (κ3) is 3.76. The van der Waals surface area contributed by atoms with Crippen LogP contribution in [0.15, 0.2) is 24.3 Å². The molecule has 118 valence electrons. The molecule has 0 radical (unpaired) electrons. The van der Waals surface area contributed by atoms with Gasteiger partial charge in [0.2, 0.25) is 0 Å². The van der Waals surface area contributed by atoms with E-state index in [0.29, 0.717) is 12.1 Å². The van der Waals surface area contributed by atoms with Gasteiger partial charge in [-0.3, -0.25) is 0 Å². The number of likely N-dealkylation sites (N-methyl/N-ethyl adjacent to an activating group) is 1. The van der Waals surface area contributed by atoms with Crippen molar-refractivity contribution in [3.8, 4) is 5.75 Å². The van der Waals surface area contributed by atoms with Crippen LogP contribution >= 0.6 is 0 Å². The van der Waals surface area contributed by atoms with Crippen molar-refractivity contribution < 1.29 is 9.84 Å². The molecule has 3 N–H and O–H groups in total. The van der Waals surface area contributed by atoms with Crippen molar-refractivity contribution >= 4 is 0 Å². The topological polar surface area (TPSA) is 58.7 Å². The van der Waals surface area contributed by atoms with Gasteiger partial charge in [-0.1, -0.05) is 18.2 Å². The smallest absolute Gasteiger partial charge is 0.122 e. The number of nitrogens with zero attached hydrogens (tertiary/aromatic N) is 1. The van der Waals surface area contributed by atoms with Crippen molar-refractivity contribution in [2.24, 2.45) is 5.73 Å². The summed E-state index contributed by atoms with van der Waals surface area (Å²) in [7, 11) is 3.88. The van der Waals surface area contributed by atoms with E-state index in [-0.39, 0.29) is 12.1 Å². The highest BCUT2D eigenvalue weighted by Gasteiger charge is 2.37. The molecule has 0 aromatic heterocycles. The van der Waals surface area contributed by atoms with Crippen LogP contribution in [0.2, 0.25) is 0 Å². The van der Waals surface area contributed by atoms with E-state index >= 15 is 0 Å². The van der Waals surface area contributed by atoms with Crippen LogP contribution in [0.4, 0.5) is 0 Å². The lowest BCUT2D eigenvalue weighted by atomic mass is 9.99. The van der Waals surface area contributed by atoms with Crippen molar-refractivity contribution in [1.82, 2.24) is 4.90 Å². The first kappa shape index (κ1) is 16.3. The largest absolute Gasteiger partial charge is 0.496 e. The minimum Gasteiger partial charge on any atom is -0.496 e. The monoisotopic (exact) mass is 292 g/mol. The molecule has 0 heterocycles. The number of benzene rings is 1. The van der Waals surface area contributed by atoms with Crippen molar-refractivity contribution in [1.29, 1.82) is 0 Å². The Kier molecular flexibility index (Phi) is 5.25. The van der Waals surface area contributed by atoms with Crippen molar-refractivity contribution in [3.05, 3.63) is 29.8 Å². The van der Waals surface area contributed by atoms with E-state index in [4.69, 9.17) is 10.5 Å². The van der Waals surface area contributed by atoms with Crippen LogP contribution in [-0.4, -0.2) is 48.4 Å². The first-order valence-corrected chi connectivity index (χ1v) is 7.72. The molecule has 1 aliphatic carbocycles. The summed E-state index contributed by atoms with van der Waals surface area (Å²) in [6.45, 7) is 2.32. The van der Waals surface area contributed by atoms with Crippen LogP contribution in [0.1, 0.15) is 31.7 Å². The summed E-state index contributed by atoms with van der Waals surface area (Å²) >= 11 is 0. The lowest BCUT2D eigenvalue weighted by Gasteiger charge is -2.32. The van der Waals surface area contributed by atoms with Crippen LogP contribution in [0.25, 0.3) is 0 Å². The molecule has 4 nitrogen and oxygen atoms in total. The third-order valence-electron chi connectivity index (χ3n) is 4.91. The highest BCUT2D eigenvalue weighted by molar-refractivity contribution is 5.33. The molecule has 0 amide bonds. The molecule has 21 heavy (non-hydrogen) atoms. The molecule has 3 atom stereocenters. The van der Waals surface area contributed by atoms with Gasteiger partial charge < -0.3 is 20.5 Å². The lowest BCUT2D eigenvalue weighted by molar-refractivity contribution is 0.158. The summed E-state index contributed by atoms with van der Waals surface area (Å²) in [6.07, 6.45) is 3.79. The highest BCUT2D eigenvalue weighted by atomic mass is 16.5. The summed E-state index contributed by atoms with van der Waals surface area (Å²) in [5, 5.41) is 9.41. The van der Waals surface area contributed by atoms with Crippen LogP contribution in [-0.2, 0) is 6.42 Å². The zero-order chi connectivity index (χ0) is 15.5. The van der Waals surface area contributed by atoms with E-state index in [1.54, 1.807) is 7.11 Å². The number of hydrogen-bond acceptors (Lipinski definition) is 4. The summed E-state index contributed by atoms with van der Waals surface area (Å²) in [5.41, 5.74) is 7.04. The molecule has 0 aliphatic heterocycles. The van der Waals surface area contributed by atoms with E-state index in [1.807, 2.05) is 12.1 Å². The summed E-state index contributed by atoms with van der Waals surface area (Å²) in [6, 6.07) is 9.04. The number of rotatable bonds is 6. The maximum absolute atomic E-state index is 9.41. The second kappa shape index (κ2) is 6.77. The van der Waals surface area contributed by atoms with E-state index in [1.165, 1.54) is 5.56 Å². The Hall–Kier alpha value is -1.10. The van der Waals surface area contributed by atoms with Gasteiger partial charge in [-0.05, 0) is 51.3 Å². The van der Waals surface area contributed by atoms with Crippen molar-refractivity contribution in [2.45, 2.75) is 50.2 Å². The Balaban J connectivity index is 1.98. The summed E-state index contributed by atoms with van der Waals surface area (Å²) < 4.78 is 5.43. The molecule has 1 aromatic rings. The number of methoxy groups -OCH3 is 1.